The highest BCUT2D eigenvalue weighted by Gasteiger charge is 2.28. The molecule has 0 saturated heterocycles. The molecule has 1 atom stereocenters. The third kappa shape index (κ3) is 3.72. The number of allylic oxidation sites excluding steroid dienone is 1. The van der Waals surface area contributed by atoms with Gasteiger partial charge in [0.15, 0.2) is 5.78 Å². The van der Waals surface area contributed by atoms with Crippen molar-refractivity contribution >= 4 is 11.5 Å². The van der Waals surface area contributed by atoms with E-state index in [4.69, 9.17) is 0 Å². The summed E-state index contributed by atoms with van der Waals surface area (Å²) in [6.07, 6.45) is 8.72. The number of hydrogen-bond donors (Lipinski definition) is 0. The van der Waals surface area contributed by atoms with E-state index >= 15 is 0 Å². The zero-order valence-electron chi connectivity index (χ0n) is 12.6. The van der Waals surface area contributed by atoms with Crippen LogP contribution in [0.3, 0.4) is 0 Å². The predicted molar refractivity (Wildman–Crippen MR) is 84.8 cm³/mol. The molecule has 1 aromatic carbocycles. The van der Waals surface area contributed by atoms with Crippen LogP contribution in [-0.4, -0.2) is 12.8 Å². The van der Waals surface area contributed by atoms with Crippen molar-refractivity contribution in [3.05, 3.63) is 42.1 Å². The molecule has 0 aliphatic heterocycles. The standard InChI is InChI=1S/C18H25NO/c1-3-4-6-9-15-12-13-16(18(15)20)14-19(2)17-10-7-5-8-11-17/h5,7-8,10-11,14-15H,3-4,6,9,12-13H2,1-2H3/b16-14+. The minimum Gasteiger partial charge on any atom is -0.351 e. The van der Waals surface area contributed by atoms with E-state index in [2.05, 4.69) is 24.0 Å². The first kappa shape index (κ1) is 14.8. The summed E-state index contributed by atoms with van der Waals surface area (Å²) < 4.78 is 0. The Morgan fingerprint density at radius 1 is 1.25 bits per heavy atom. The van der Waals surface area contributed by atoms with Gasteiger partial charge in [-0.05, 0) is 31.4 Å². The minimum absolute atomic E-state index is 0.275. The van der Waals surface area contributed by atoms with Crippen molar-refractivity contribution in [1.82, 2.24) is 0 Å². The Kier molecular flexibility index (Phi) is 5.40. The Labute approximate surface area is 122 Å². The van der Waals surface area contributed by atoms with E-state index in [1.54, 1.807) is 0 Å². The number of carbonyl (C=O) groups excluding carboxylic acids is 1. The van der Waals surface area contributed by atoms with E-state index < -0.39 is 0 Å². The normalized spacial score (nSPS) is 20.6. The van der Waals surface area contributed by atoms with Gasteiger partial charge in [-0.2, -0.15) is 0 Å². The van der Waals surface area contributed by atoms with Gasteiger partial charge in [0.25, 0.3) is 0 Å². The minimum atomic E-state index is 0.275. The molecule has 1 aliphatic rings. The number of para-hydroxylation sites is 1. The largest absolute Gasteiger partial charge is 0.351 e. The molecule has 0 N–H and O–H groups in total. The molecule has 1 fully saturated rings. The molecule has 1 saturated carbocycles. The SMILES string of the molecule is CCCCCC1CC/C(=C\N(C)c2ccccc2)C1=O. The average Bonchev–Trinajstić information content (AvgIpc) is 2.81. The van der Waals surface area contributed by atoms with Gasteiger partial charge in [-0.3, -0.25) is 4.79 Å². The van der Waals surface area contributed by atoms with Gasteiger partial charge in [-0.15, -0.1) is 0 Å². The van der Waals surface area contributed by atoms with Crippen LogP contribution in [0.5, 0.6) is 0 Å². The van der Waals surface area contributed by atoms with E-state index in [9.17, 15) is 4.79 Å². The number of Topliss-reactive ketones (excluding diaryl/α,β-unsaturated/α-hetero) is 1. The Hall–Kier alpha value is -1.57. The zero-order valence-corrected chi connectivity index (χ0v) is 12.6. The monoisotopic (exact) mass is 271 g/mol. The lowest BCUT2D eigenvalue weighted by Crippen LogP contribution is -2.13. The van der Waals surface area contributed by atoms with Crippen LogP contribution in [0.15, 0.2) is 42.1 Å². The lowest BCUT2D eigenvalue weighted by molar-refractivity contribution is -0.118. The fourth-order valence-electron chi connectivity index (χ4n) is 2.86. The van der Waals surface area contributed by atoms with Crippen molar-refractivity contribution in [3.8, 4) is 0 Å². The van der Waals surface area contributed by atoms with Crippen LogP contribution in [-0.2, 0) is 4.79 Å². The summed E-state index contributed by atoms with van der Waals surface area (Å²) in [5.41, 5.74) is 2.13. The summed E-state index contributed by atoms with van der Waals surface area (Å²) in [5, 5.41) is 0. The number of anilines is 1. The first-order chi connectivity index (χ1) is 9.72. The number of hydrogen-bond acceptors (Lipinski definition) is 2. The van der Waals surface area contributed by atoms with Gasteiger partial charge in [0.2, 0.25) is 0 Å². The van der Waals surface area contributed by atoms with Crippen molar-refractivity contribution < 1.29 is 4.79 Å². The van der Waals surface area contributed by atoms with Crippen LogP contribution in [0, 0.1) is 5.92 Å². The summed E-state index contributed by atoms with van der Waals surface area (Å²) in [5.74, 6) is 0.654. The van der Waals surface area contributed by atoms with Gasteiger partial charge < -0.3 is 4.90 Å². The maximum atomic E-state index is 12.4. The molecule has 0 heterocycles. The van der Waals surface area contributed by atoms with Gasteiger partial charge in [0, 0.05) is 30.4 Å². The first-order valence-corrected chi connectivity index (χ1v) is 7.75. The molecular formula is C18H25NO. The Balaban J connectivity index is 1.96. The smallest absolute Gasteiger partial charge is 0.163 e. The number of unbranched alkanes of at least 4 members (excludes halogenated alkanes) is 2. The molecule has 1 aliphatic carbocycles. The maximum Gasteiger partial charge on any atom is 0.163 e. The van der Waals surface area contributed by atoms with Gasteiger partial charge in [0.1, 0.15) is 0 Å². The van der Waals surface area contributed by atoms with E-state index in [0.29, 0.717) is 5.78 Å². The quantitative estimate of drug-likeness (QED) is 0.558. The Bertz CT molecular complexity index is 464. The van der Waals surface area contributed by atoms with Crippen LogP contribution in [0.25, 0.3) is 0 Å². The van der Waals surface area contributed by atoms with Crippen molar-refractivity contribution in [2.45, 2.75) is 45.4 Å². The second kappa shape index (κ2) is 7.28. The second-order valence-electron chi connectivity index (χ2n) is 5.70. The number of rotatable bonds is 6. The average molecular weight is 271 g/mol. The zero-order chi connectivity index (χ0) is 14.4. The van der Waals surface area contributed by atoms with Crippen molar-refractivity contribution in [1.29, 1.82) is 0 Å². The lowest BCUT2D eigenvalue weighted by Gasteiger charge is -2.15. The number of nitrogens with zero attached hydrogens (tertiary/aromatic N) is 1. The van der Waals surface area contributed by atoms with Crippen LogP contribution in [0.4, 0.5) is 5.69 Å². The van der Waals surface area contributed by atoms with E-state index in [-0.39, 0.29) is 5.92 Å². The first-order valence-electron chi connectivity index (χ1n) is 7.75. The lowest BCUT2D eigenvalue weighted by atomic mass is 9.98. The van der Waals surface area contributed by atoms with E-state index in [1.165, 1.54) is 19.3 Å². The molecule has 0 spiro atoms. The molecule has 2 rings (SSSR count). The molecule has 0 radical (unpaired) electrons. The Morgan fingerprint density at radius 3 is 2.70 bits per heavy atom. The predicted octanol–water partition coefficient (Wildman–Crippen LogP) is 4.57. The van der Waals surface area contributed by atoms with Crippen molar-refractivity contribution in [2.75, 3.05) is 11.9 Å². The van der Waals surface area contributed by atoms with Gasteiger partial charge >= 0.3 is 0 Å². The second-order valence-corrected chi connectivity index (χ2v) is 5.70. The summed E-state index contributed by atoms with van der Waals surface area (Å²) in [6.45, 7) is 2.20. The van der Waals surface area contributed by atoms with Crippen LogP contribution >= 0.6 is 0 Å². The molecule has 1 aromatic rings. The van der Waals surface area contributed by atoms with Crippen LogP contribution < -0.4 is 4.90 Å². The molecule has 0 bridgehead atoms. The maximum absolute atomic E-state index is 12.4. The van der Waals surface area contributed by atoms with E-state index in [0.717, 1.165) is 30.5 Å². The topological polar surface area (TPSA) is 20.3 Å². The molecule has 2 heteroatoms. The molecule has 2 nitrogen and oxygen atoms in total. The number of ketones is 1. The Morgan fingerprint density at radius 2 is 2.00 bits per heavy atom. The fourth-order valence-corrected chi connectivity index (χ4v) is 2.86. The highest BCUT2D eigenvalue weighted by atomic mass is 16.1. The highest BCUT2D eigenvalue weighted by molar-refractivity contribution is 5.99. The van der Waals surface area contributed by atoms with Crippen LogP contribution in [0.2, 0.25) is 0 Å². The van der Waals surface area contributed by atoms with Gasteiger partial charge in [-0.25, -0.2) is 0 Å². The summed E-state index contributed by atoms with van der Waals surface area (Å²) >= 11 is 0. The highest BCUT2D eigenvalue weighted by Crippen LogP contribution is 2.31. The molecule has 0 amide bonds. The van der Waals surface area contributed by atoms with Crippen LogP contribution in [0.1, 0.15) is 45.4 Å². The number of benzene rings is 1. The summed E-state index contributed by atoms with van der Waals surface area (Å²) in [7, 11) is 2.01. The van der Waals surface area contributed by atoms with Crippen molar-refractivity contribution in [3.63, 3.8) is 0 Å². The molecule has 108 valence electrons. The molecular weight excluding hydrogens is 246 g/mol. The van der Waals surface area contributed by atoms with Crippen molar-refractivity contribution in [2.24, 2.45) is 5.92 Å². The molecule has 1 unspecified atom stereocenters. The summed E-state index contributed by atoms with van der Waals surface area (Å²) in [6, 6.07) is 10.2. The van der Waals surface area contributed by atoms with E-state index in [1.807, 2.05) is 31.4 Å². The third-order valence-electron chi connectivity index (χ3n) is 4.12. The molecule has 20 heavy (non-hydrogen) atoms. The number of carbonyl (C=O) groups is 1. The molecule has 0 aromatic heterocycles. The van der Waals surface area contributed by atoms with Gasteiger partial charge in [0.05, 0.1) is 0 Å². The van der Waals surface area contributed by atoms with Gasteiger partial charge in [-0.1, -0.05) is 44.4 Å². The fraction of sp³-hybridized carbons (Fsp3) is 0.500. The third-order valence-corrected chi connectivity index (χ3v) is 4.12. The summed E-state index contributed by atoms with van der Waals surface area (Å²) in [4.78, 5) is 14.4.